The molecule has 0 amide bonds. The number of nitrogens with one attached hydrogen (secondary N) is 2. The Bertz CT molecular complexity index is 917. The van der Waals surface area contributed by atoms with Crippen LogP contribution in [0, 0.1) is 0 Å². The Balaban J connectivity index is 1.58. The molecular formula is C19H17N5O. The molecule has 1 heterocycles. The fourth-order valence-electron chi connectivity index (χ4n) is 2.18. The van der Waals surface area contributed by atoms with Gasteiger partial charge in [-0.05, 0) is 17.2 Å². The fourth-order valence-corrected chi connectivity index (χ4v) is 2.18. The van der Waals surface area contributed by atoms with Crippen LogP contribution < -0.4 is 11.0 Å². The Morgan fingerprint density at radius 2 is 1.72 bits per heavy atom. The number of hydrogen-bond acceptors (Lipinski definition) is 5. The van der Waals surface area contributed by atoms with E-state index in [4.69, 9.17) is 0 Å². The molecule has 25 heavy (non-hydrogen) atoms. The molecule has 2 aromatic carbocycles. The number of benzene rings is 2. The molecule has 6 heteroatoms. The van der Waals surface area contributed by atoms with Crippen molar-refractivity contribution < 1.29 is 0 Å². The maximum atomic E-state index is 12.1. The highest BCUT2D eigenvalue weighted by Crippen LogP contribution is 2.03. The average Bonchev–Trinajstić information content (AvgIpc) is 2.65. The van der Waals surface area contributed by atoms with Crippen molar-refractivity contribution in [2.75, 3.05) is 5.43 Å². The quantitative estimate of drug-likeness (QED) is 0.537. The van der Waals surface area contributed by atoms with Crippen molar-refractivity contribution >= 4 is 18.2 Å². The molecule has 3 aromatic rings. The summed E-state index contributed by atoms with van der Waals surface area (Å²) in [6, 6.07) is 19.5. The largest absolute Gasteiger partial charge is 0.288 e. The van der Waals surface area contributed by atoms with E-state index in [0.717, 1.165) is 11.1 Å². The summed E-state index contributed by atoms with van der Waals surface area (Å²) in [6.07, 6.45) is 5.72. The molecule has 0 saturated carbocycles. The number of aromatic amines is 1. The highest BCUT2D eigenvalue weighted by molar-refractivity contribution is 5.78. The summed E-state index contributed by atoms with van der Waals surface area (Å²) in [4.78, 5) is 14.7. The van der Waals surface area contributed by atoms with Crippen LogP contribution in [0.3, 0.4) is 0 Å². The lowest BCUT2D eigenvalue weighted by molar-refractivity contribution is 0.866. The van der Waals surface area contributed by atoms with Crippen LogP contribution >= 0.6 is 0 Å². The maximum absolute atomic E-state index is 12.1. The van der Waals surface area contributed by atoms with Gasteiger partial charge in [0.2, 0.25) is 5.95 Å². The predicted octanol–water partition coefficient (Wildman–Crippen LogP) is 2.87. The van der Waals surface area contributed by atoms with E-state index >= 15 is 0 Å². The van der Waals surface area contributed by atoms with Crippen molar-refractivity contribution in [1.29, 1.82) is 0 Å². The summed E-state index contributed by atoms with van der Waals surface area (Å²) in [5.41, 5.74) is 4.82. The lowest BCUT2D eigenvalue weighted by atomic mass is 10.1. The molecule has 1 aromatic heterocycles. The normalized spacial score (nSPS) is 11.2. The van der Waals surface area contributed by atoms with Gasteiger partial charge in [-0.1, -0.05) is 66.7 Å². The molecule has 3 rings (SSSR count). The lowest BCUT2D eigenvalue weighted by Gasteiger charge is -2.01. The Kier molecular flexibility index (Phi) is 5.45. The number of hydrogen-bond donors (Lipinski definition) is 2. The molecule has 0 unspecified atom stereocenters. The summed E-state index contributed by atoms with van der Waals surface area (Å²) >= 11 is 0. The van der Waals surface area contributed by atoms with Crippen molar-refractivity contribution in [2.24, 2.45) is 5.10 Å². The van der Waals surface area contributed by atoms with Crippen molar-refractivity contribution in [2.45, 2.75) is 6.42 Å². The van der Waals surface area contributed by atoms with Crippen LogP contribution in [-0.4, -0.2) is 21.4 Å². The second kappa shape index (κ2) is 8.35. The van der Waals surface area contributed by atoms with Gasteiger partial charge in [0.1, 0.15) is 5.69 Å². The van der Waals surface area contributed by atoms with E-state index in [1.54, 1.807) is 12.3 Å². The number of rotatable bonds is 6. The van der Waals surface area contributed by atoms with Gasteiger partial charge < -0.3 is 0 Å². The summed E-state index contributed by atoms with van der Waals surface area (Å²) in [5, 5.41) is 11.9. The molecular weight excluding hydrogens is 314 g/mol. The molecule has 0 aliphatic heterocycles. The zero-order valence-corrected chi connectivity index (χ0v) is 13.5. The van der Waals surface area contributed by atoms with E-state index in [0.29, 0.717) is 12.1 Å². The zero-order chi connectivity index (χ0) is 17.3. The Morgan fingerprint density at radius 3 is 2.44 bits per heavy atom. The molecule has 0 radical (unpaired) electrons. The number of allylic oxidation sites excluding steroid dienone is 1. The number of hydrazone groups is 1. The van der Waals surface area contributed by atoms with Crippen molar-refractivity contribution in [3.8, 4) is 0 Å². The molecule has 0 spiro atoms. The Morgan fingerprint density at radius 1 is 1.00 bits per heavy atom. The van der Waals surface area contributed by atoms with Crippen LogP contribution in [0.1, 0.15) is 16.8 Å². The molecule has 0 fully saturated rings. The number of anilines is 1. The molecule has 6 nitrogen and oxygen atoms in total. The number of H-pyrrole nitrogens is 1. The molecule has 124 valence electrons. The van der Waals surface area contributed by atoms with Gasteiger partial charge in [-0.3, -0.25) is 9.78 Å². The lowest BCUT2D eigenvalue weighted by Crippen LogP contribution is -2.18. The second-order valence-corrected chi connectivity index (χ2v) is 5.27. The average molecular weight is 331 g/mol. The maximum Gasteiger partial charge on any atom is 0.274 e. The van der Waals surface area contributed by atoms with Crippen LogP contribution in [-0.2, 0) is 6.42 Å². The summed E-state index contributed by atoms with van der Waals surface area (Å²) in [6.45, 7) is 0. The summed E-state index contributed by atoms with van der Waals surface area (Å²) < 4.78 is 0. The first-order valence-corrected chi connectivity index (χ1v) is 7.82. The molecule has 0 aliphatic rings. The van der Waals surface area contributed by atoms with Gasteiger partial charge in [-0.2, -0.15) is 5.10 Å². The Labute approximate surface area is 145 Å². The first kappa shape index (κ1) is 16.3. The molecule has 2 N–H and O–H groups in total. The highest BCUT2D eigenvalue weighted by Gasteiger charge is 2.05. The van der Waals surface area contributed by atoms with Gasteiger partial charge in [0.05, 0.1) is 0 Å². The van der Waals surface area contributed by atoms with E-state index in [9.17, 15) is 4.79 Å². The smallest absolute Gasteiger partial charge is 0.274 e. The van der Waals surface area contributed by atoms with Gasteiger partial charge in [-0.15, -0.1) is 10.2 Å². The molecule has 0 aliphatic carbocycles. The van der Waals surface area contributed by atoms with Gasteiger partial charge in [0.15, 0.2) is 0 Å². The monoisotopic (exact) mass is 331 g/mol. The molecule has 0 atom stereocenters. The SMILES string of the molecule is O=c1[nH]c(N/N=C/C=C/c2ccccc2)nnc1Cc1ccccc1. The van der Waals surface area contributed by atoms with E-state index in [-0.39, 0.29) is 11.5 Å². The second-order valence-electron chi connectivity index (χ2n) is 5.27. The summed E-state index contributed by atoms with van der Waals surface area (Å²) in [7, 11) is 0. The molecule has 0 bridgehead atoms. The third-order valence-corrected chi connectivity index (χ3v) is 3.40. The first-order valence-electron chi connectivity index (χ1n) is 7.82. The summed E-state index contributed by atoms with van der Waals surface area (Å²) in [5.74, 6) is 0.200. The Hall–Kier alpha value is -3.54. The third-order valence-electron chi connectivity index (χ3n) is 3.40. The standard InChI is InChI=1S/C19H17N5O/c25-18-17(14-16-10-5-2-6-11-16)22-24-19(21-18)23-20-13-7-12-15-8-3-1-4-9-15/h1-13H,14H2,(H2,21,23,24,25)/b12-7+,20-13+. The minimum Gasteiger partial charge on any atom is -0.288 e. The molecule has 0 saturated heterocycles. The number of aromatic nitrogens is 3. The van der Waals surface area contributed by atoms with Gasteiger partial charge in [0, 0.05) is 12.6 Å². The van der Waals surface area contributed by atoms with Gasteiger partial charge >= 0.3 is 0 Å². The fraction of sp³-hybridized carbons (Fsp3) is 0.0526. The minimum atomic E-state index is -0.281. The van der Waals surface area contributed by atoms with Crippen molar-refractivity contribution in [1.82, 2.24) is 15.2 Å². The van der Waals surface area contributed by atoms with Crippen LogP contribution in [0.4, 0.5) is 5.95 Å². The predicted molar refractivity (Wildman–Crippen MR) is 99.5 cm³/mol. The minimum absolute atomic E-state index is 0.200. The van der Waals surface area contributed by atoms with E-state index in [1.165, 1.54) is 0 Å². The topological polar surface area (TPSA) is 83.0 Å². The van der Waals surface area contributed by atoms with Crippen LogP contribution in [0.2, 0.25) is 0 Å². The third kappa shape index (κ3) is 4.97. The van der Waals surface area contributed by atoms with Crippen LogP contribution in [0.15, 0.2) is 76.6 Å². The van der Waals surface area contributed by atoms with E-state index in [1.807, 2.05) is 66.7 Å². The number of nitrogens with zero attached hydrogens (tertiary/aromatic N) is 3. The van der Waals surface area contributed by atoms with Crippen molar-refractivity contribution in [3.05, 3.63) is 93.9 Å². The zero-order valence-electron chi connectivity index (χ0n) is 13.5. The first-order chi connectivity index (χ1) is 12.3. The van der Waals surface area contributed by atoms with E-state index < -0.39 is 0 Å². The van der Waals surface area contributed by atoms with Crippen LogP contribution in [0.5, 0.6) is 0 Å². The highest BCUT2D eigenvalue weighted by atomic mass is 16.1. The van der Waals surface area contributed by atoms with Crippen molar-refractivity contribution in [3.63, 3.8) is 0 Å². The van der Waals surface area contributed by atoms with E-state index in [2.05, 4.69) is 25.7 Å². The van der Waals surface area contributed by atoms with Gasteiger partial charge in [0.25, 0.3) is 5.56 Å². The van der Waals surface area contributed by atoms with Crippen LogP contribution in [0.25, 0.3) is 6.08 Å². The van der Waals surface area contributed by atoms with Gasteiger partial charge in [-0.25, -0.2) is 5.43 Å².